The molecule has 1 aromatic rings. The minimum Gasteiger partial charge on any atom is -0.497 e. The van der Waals surface area contributed by atoms with Crippen molar-refractivity contribution in [2.45, 2.75) is 39.0 Å². The van der Waals surface area contributed by atoms with Gasteiger partial charge in [-0.3, -0.25) is 4.99 Å². The van der Waals surface area contributed by atoms with Gasteiger partial charge < -0.3 is 19.7 Å². The first-order chi connectivity index (χ1) is 11.5. The number of hydrogen-bond donors (Lipinski definition) is 1. The van der Waals surface area contributed by atoms with Crippen LogP contribution in [0.25, 0.3) is 0 Å². The first-order valence-corrected chi connectivity index (χ1v) is 8.66. The van der Waals surface area contributed by atoms with Crippen LogP contribution in [-0.4, -0.2) is 50.8 Å². The fraction of sp³-hybridized carbons (Fsp3) is 0.632. The molecule has 1 aromatic carbocycles. The summed E-state index contributed by atoms with van der Waals surface area (Å²) in [5.74, 6) is 2.41. The van der Waals surface area contributed by atoms with E-state index in [0.29, 0.717) is 18.1 Å². The Labute approximate surface area is 168 Å². The molecule has 1 saturated carbocycles. The molecule has 0 bridgehead atoms. The number of halogens is 1. The molecular weight excluding hydrogens is 429 g/mol. The largest absolute Gasteiger partial charge is 0.497 e. The van der Waals surface area contributed by atoms with Crippen molar-refractivity contribution in [3.8, 4) is 5.75 Å². The molecule has 0 amide bonds. The predicted molar refractivity (Wildman–Crippen MR) is 112 cm³/mol. The lowest BCUT2D eigenvalue weighted by Crippen LogP contribution is -2.67. The van der Waals surface area contributed by atoms with Gasteiger partial charge in [0.2, 0.25) is 0 Å². The molecule has 25 heavy (non-hydrogen) atoms. The van der Waals surface area contributed by atoms with Gasteiger partial charge in [0.1, 0.15) is 5.75 Å². The van der Waals surface area contributed by atoms with Crippen molar-refractivity contribution in [1.82, 2.24) is 10.2 Å². The summed E-state index contributed by atoms with van der Waals surface area (Å²) < 4.78 is 11.2. The standard InChI is InChI=1S/C19H29N3O2.HI/c1-19(2)16(15-9-10-24-17(15)19)21-18(20-3)22(4)12-13-7-6-8-14(11-13)23-5;/h6-8,11,15-17H,9-10,12H2,1-5H3,(H,20,21);1H. The van der Waals surface area contributed by atoms with Crippen LogP contribution in [0.5, 0.6) is 5.75 Å². The van der Waals surface area contributed by atoms with Crippen LogP contribution in [0.2, 0.25) is 0 Å². The van der Waals surface area contributed by atoms with E-state index in [2.05, 4.69) is 48.2 Å². The SMILES string of the molecule is CN=C(NC1C2CCOC2C1(C)C)N(C)Cc1cccc(OC)c1.I. The molecule has 2 fully saturated rings. The number of rotatable bonds is 4. The number of fused-ring (bicyclic) bond motifs is 1. The summed E-state index contributed by atoms with van der Waals surface area (Å²) in [4.78, 5) is 6.65. The summed E-state index contributed by atoms with van der Waals surface area (Å²) in [7, 11) is 5.61. The van der Waals surface area contributed by atoms with Gasteiger partial charge >= 0.3 is 0 Å². The molecule has 1 aliphatic heterocycles. The molecule has 0 aromatic heterocycles. The quantitative estimate of drug-likeness (QED) is 0.427. The third-order valence-electron chi connectivity index (χ3n) is 5.51. The first-order valence-electron chi connectivity index (χ1n) is 8.66. The van der Waals surface area contributed by atoms with Crippen LogP contribution < -0.4 is 10.1 Å². The minimum atomic E-state index is 0. The highest BCUT2D eigenvalue weighted by atomic mass is 127. The van der Waals surface area contributed by atoms with E-state index in [-0.39, 0.29) is 29.4 Å². The van der Waals surface area contributed by atoms with Crippen molar-refractivity contribution in [3.05, 3.63) is 29.8 Å². The smallest absolute Gasteiger partial charge is 0.193 e. The third-order valence-corrected chi connectivity index (χ3v) is 5.51. The molecule has 3 atom stereocenters. The van der Waals surface area contributed by atoms with Gasteiger partial charge in [-0.15, -0.1) is 24.0 Å². The number of guanidine groups is 1. The maximum atomic E-state index is 5.89. The molecule has 1 saturated heterocycles. The van der Waals surface area contributed by atoms with Gasteiger partial charge in [-0.05, 0) is 24.1 Å². The summed E-state index contributed by atoms with van der Waals surface area (Å²) in [6.07, 6.45) is 1.53. The van der Waals surface area contributed by atoms with Gasteiger partial charge in [-0.1, -0.05) is 26.0 Å². The zero-order valence-electron chi connectivity index (χ0n) is 15.8. The summed E-state index contributed by atoms with van der Waals surface area (Å²) in [6, 6.07) is 8.58. The van der Waals surface area contributed by atoms with Gasteiger partial charge in [-0.2, -0.15) is 0 Å². The van der Waals surface area contributed by atoms with Gasteiger partial charge in [-0.25, -0.2) is 0 Å². The molecular formula is C19H30IN3O2. The molecule has 3 unspecified atom stereocenters. The second-order valence-corrected chi connectivity index (χ2v) is 7.44. The van der Waals surface area contributed by atoms with Crippen LogP contribution in [0.15, 0.2) is 29.3 Å². The van der Waals surface area contributed by atoms with E-state index in [1.165, 1.54) is 5.56 Å². The Balaban J connectivity index is 0.00000225. The highest BCUT2D eigenvalue weighted by Crippen LogP contribution is 2.52. The maximum absolute atomic E-state index is 5.89. The topological polar surface area (TPSA) is 46.1 Å². The molecule has 0 spiro atoms. The number of ether oxygens (including phenoxy) is 2. The van der Waals surface area contributed by atoms with Gasteiger partial charge in [0.15, 0.2) is 5.96 Å². The number of nitrogens with one attached hydrogen (secondary N) is 1. The summed E-state index contributed by atoms with van der Waals surface area (Å²) in [5.41, 5.74) is 1.35. The van der Waals surface area contributed by atoms with Crippen LogP contribution in [0.1, 0.15) is 25.8 Å². The highest BCUT2D eigenvalue weighted by molar-refractivity contribution is 14.0. The number of methoxy groups -OCH3 is 1. The van der Waals surface area contributed by atoms with E-state index in [4.69, 9.17) is 9.47 Å². The lowest BCUT2D eigenvalue weighted by molar-refractivity contribution is -0.107. The first kappa shape index (κ1) is 20.3. The summed E-state index contributed by atoms with van der Waals surface area (Å²) in [6.45, 7) is 6.24. The van der Waals surface area contributed by atoms with E-state index in [0.717, 1.165) is 31.3 Å². The predicted octanol–water partition coefficient (Wildman–Crippen LogP) is 3.13. The fourth-order valence-corrected chi connectivity index (χ4v) is 4.22. The van der Waals surface area contributed by atoms with E-state index in [9.17, 15) is 0 Å². The van der Waals surface area contributed by atoms with Crippen LogP contribution in [0.3, 0.4) is 0 Å². The molecule has 140 valence electrons. The van der Waals surface area contributed by atoms with Crippen LogP contribution in [0.4, 0.5) is 0 Å². The van der Waals surface area contributed by atoms with E-state index >= 15 is 0 Å². The molecule has 3 rings (SSSR count). The molecule has 1 N–H and O–H groups in total. The molecule has 1 aliphatic carbocycles. The second kappa shape index (κ2) is 8.12. The molecule has 5 nitrogen and oxygen atoms in total. The fourth-order valence-electron chi connectivity index (χ4n) is 4.22. The van der Waals surface area contributed by atoms with Crippen molar-refractivity contribution in [2.24, 2.45) is 16.3 Å². The third kappa shape index (κ3) is 3.89. The van der Waals surface area contributed by atoms with Crippen LogP contribution >= 0.6 is 24.0 Å². The molecule has 1 heterocycles. The Hall–Kier alpha value is -1.02. The van der Waals surface area contributed by atoms with Gasteiger partial charge in [0, 0.05) is 44.6 Å². The minimum absolute atomic E-state index is 0. The Kier molecular flexibility index (Phi) is 6.59. The molecule has 2 aliphatic rings. The van der Waals surface area contributed by atoms with Crippen molar-refractivity contribution in [2.75, 3.05) is 27.8 Å². The average molecular weight is 459 g/mol. The summed E-state index contributed by atoms with van der Waals surface area (Å²) in [5, 5.41) is 3.68. The second-order valence-electron chi connectivity index (χ2n) is 7.44. The van der Waals surface area contributed by atoms with Crippen molar-refractivity contribution < 1.29 is 9.47 Å². The zero-order valence-corrected chi connectivity index (χ0v) is 18.1. The van der Waals surface area contributed by atoms with E-state index in [1.807, 2.05) is 19.2 Å². The Morgan fingerprint density at radius 1 is 1.44 bits per heavy atom. The van der Waals surface area contributed by atoms with Crippen molar-refractivity contribution >= 4 is 29.9 Å². The summed E-state index contributed by atoms with van der Waals surface area (Å²) >= 11 is 0. The van der Waals surface area contributed by atoms with Gasteiger partial charge in [0.05, 0.1) is 13.2 Å². The lowest BCUT2D eigenvalue weighted by Gasteiger charge is -2.55. The maximum Gasteiger partial charge on any atom is 0.193 e. The monoisotopic (exact) mass is 459 g/mol. The van der Waals surface area contributed by atoms with Crippen molar-refractivity contribution in [1.29, 1.82) is 0 Å². The normalized spacial score (nSPS) is 26.9. The number of hydrogen-bond acceptors (Lipinski definition) is 3. The molecule has 0 radical (unpaired) electrons. The van der Waals surface area contributed by atoms with Gasteiger partial charge in [0.25, 0.3) is 0 Å². The van der Waals surface area contributed by atoms with E-state index < -0.39 is 0 Å². The highest BCUT2D eigenvalue weighted by Gasteiger charge is 2.59. The molecule has 6 heteroatoms. The van der Waals surface area contributed by atoms with E-state index in [1.54, 1.807) is 7.11 Å². The number of benzene rings is 1. The van der Waals surface area contributed by atoms with Crippen molar-refractivity contribution in [3.63, 3.8) is 0 Å². The average Bonchev–Trinajstić information content (AvgIpc) is 3.02. The Bertz CT molecular complexity index is 620. The zero-order chi connectivity index (χ0) is 17.3. The van der Waals surface area contributed by atoms with Crippen LogP contribution in [-0.2, 0) is 11.3 Å². The lowest BCUT2D eigenvalue weighted by atomic mass is 9.57. The number of aliphatic imine (C=N–C) groups is 1. The van der Waals surface area contributed by atoms with Crippen LogP contribution in [0, 0.1) is 11.3 Å². The Morgan fingerprint density at radius 3 is 2.88 bits per heavy atom. The number of nitrogens with zero attached hydrogens (tertiary/aromatic N) is 2. The Morgan fingerprint density at radius 2 is 2.20 bits per heavy atom.